The molecule has 1 aliphatic rings. The molecule has 3 nitrogen and oxygen atoms in total. The van der Waals surface area contributed by atoms with E-state index in [1.807, 2.05) is 42.5 Å². The predicted octanol–water partition coefficient (Wildman–Crippen LogP) is 7.30. The third-order valence-corrected chi connectivity index (χ3v) is 8.01. The summed E-state index contributed by atoms with van der Waals surface area (Å²) in [6, 6.07) is 41.7. The van der Waals surface area contributed by atoms with E-state index in [0.717, 1.165) is 26.7 Å². The molecule has 1 saturated heterocycles. The highest BCUT2D eigenvalue weighted by Crippen LogP contribution is 2.46. The van der Waals surface area contributed by atoms with Crippen molar-refractivity contribution in [2.45, 2.75) is 23.6 Å². The lowest BCUT2D eigenvalue weighted by Crippen LogP contribution is -2.64. The summed E-state index contributed by atoms with van der Waals surface area (Å²) in [7, 11) is 0. The Morgan fingerprint density at radius 1 is 0.811 bits per heavy atom. The third-order valence-electron chi connectivity index (χ3n) is 7.29. The van der Waals surface area contributed by atoms with Gasteiger partial charge in [-0.05, 0) is 28.3 Å². The quantitative estimate of drug-likeness (QED) is 0.162. The maximum Gasteiger partial charge on any atom is 0.143 e. The van der Waals surface area contributed by atoms with Crippen LogP contribution in [0.1, 0.15) is 28.2 Å². The maximum atomic E-state index is 10.1. The van der Waals surface area contributed by atoms with Crippen molar-refractivity contribution < 1.29 is 4.74 Å². The fraction of sp³-hybridized carbons (Fsp3) is 0.182. The molecule has 0 aliphatic carbocycles. The van der Waals surface area contributed by atoms with Gasteiger partial charge in [-0.3, -0.25) is 4.90 Å². The van der Waals surface area contributed by atoms with E-state index in [0.29, 0.717) is 13.2 Å². The van der Waals surface area contributed by atoms with E-state index < -0.39 is 5.60 Å². The Kier molecular flexibility index (Phi) is 7.67. The van der Waals surface area contributed by atoms with Crippen LogP contribution in [0.15, 0.2) is 132 Å². The first-order valence-electron chi connectivity index (χ1n) is 12.5. The normalized spacial score (nSPS) is 19.5. The van der Waals surface area contributed by atoms with Gasteiger partial charge in [0.05, 0.1) is 12.7 Å². The first-order chi connectivity index (χ1) is 18.2. The first-order valence-corrected chi connectivity index (χ1v) is 13.3. The lowest BCUT2D eigenvalue weighted by molar-refractivity contribution is -0.0752. The second kappa shape index (κ2) is 11.3. The molecule has 3 atom stereocenters. The molecule has 184 valence electrons. The molecule has 0 radical (unpaired) electrons. The minimum atomic E-state index is -0.806. The summed E-state index contributed by atoms with van der Waals surface area (Å²) < 4.78 is 8.17. The molecule has 0 aromatic heterocycles. The van der Waals surface area contributed by atoms with Gasteiger partial charge < -0.3 is 4.74 Å². The van der Waals surface area contributed by atoms with Crippen molar-refractivity contribution in [2.75, 3.05) is 13.2 Å². The number of hydrogen-bond acceptors (Lipinski definition) is 3. The lowest BCUT2D eigenvalue weighted by Gasteiger charge is -2.53. The van der Waals surface area contributed by atoms with E-state index in [9.17, 15) is 5.26 Å². The Labute approximate surface area is 227 Å². The van der Waals surface area contributed by atoms with Crippen LogP contribution in [-0.2, 0) is 10.3 Å². The summed E-state index contributed by atoms with van der Waals surface area (Å²) in [5.74, 6) is 0.0144. The molecule has 0 amide bonds. The number of nitriles is 1. The van der Waals surface area contributed by atoms with Gasteiger partial charge in [-0.15, -0.1) is 6.58 Å². The van der Waals surface area contributed by atoms with Crippen LogP contribution in [-0.4, -0.2) is 30.1 Å². The summed E-state index contributed by atoms with van der Waals surface area (Å²) in [5.41, 5.74) is 3.52. The van der Waals surface area contributed by atoms with E-state index in [4.69, 9.17) is 4.74 Å². The zero-order valence-corrected chi connectivity index (χ0v) is 22.2. The highest BCUT2D eigenvalue weighted by molar-refractivity contribution is 9.10. The van der Waals surface area contributed by atoms with Gasteiger partial charge >= 0.3 is 0 Å². The van der Waals surface area contributed by atoms with Crippen LogP contribution in [0, 0.1) is 11.3 Å². The van der Waals surface area contributed by atoms with Crippen molar-refractivity contribution in [3.05, 3.63) is 155 Å². The van der Waals surface area contributed by atoms with Crippen molar-refractivity contribution in [3.63, 3.8) is 0 Å². The molecule has 4 heteroatoms. The van der Waals surface area contributed by atoms with Gasteiger partial charge in [0.25, 0.3) is 0 Å². The third kappa shape index (κ3) is 4.67. The van der Waals surface area contributed by atoms with Crippen molar-refractivity contribution in [2.24, 2.45) is 0 Å². The van der Waals surface area contributed by atoms with E-state index in [2.05, 4.69) is 112 Å². The Balaban J connectivity index is 1.60. The summed E-state index contributed by atoms with van der Waals surface area (Å²) in [5, 5.41) is 10.1. The second-order valence-electron chi connectivity index (χ2n) is 9.26. The van der Waals surface area contributed by atoms with Gasteiger partial charge in [0.15, 0.2) is 0 Å². The average molecular weight is 550 g/mol. The standard InChI is InChI=1S/C33H29BrN2O/c1-2-22-36-30(23-35)32(28-20-12-13-21-29(28)34)31(36)24-37-33(25-14-6-3-7-15-25,26-16-8-4-9-17-26)27-18-10-5-11-19-27/h2-21,30-32H,1,22,24H2/t30-,31-,32-/m1/s1. The predicted molar refractivity (Wildman–Crippen MR) is 152 cm³/mol. The Morgan fingerprint density at radius 3 is 1.76 bits per heavy atom. The molecule has 0 unspecified atom stereocenters. The molecule has 4 aromatic rings. The number of rotatable bonds is 9. The van der Waals surface area contributed by atoms with Crippen LogP contribution in [0.2, 0.25) is 0 Å². The number of hydrogen-bond donors (Lipinski definition) is 0. The fourth-order valence-corrected chi connectivity index (χ4v) is 6.13. The summed E-state index contributed by atoms with van der Waals surface area (Å²) in [6.07, 6.45) is 1.87. The largest absolute Gasteiger partial charge is 0.359 e. The van der Waals surface area contributed by atoms with E-state index in [1.165, 1.54) is 0 Å². The second-order valence-corrected chi connectivity index (χ2v) is 10.1. The molecular formula is C33H29BrN2O. The van der Waals surface area contributed by atoms with Gasteiger partial charge in [0.2, 0.25) is 0 Å². The number of nitrogens with zero attached hydrogens (tertiary/aromatic N) is 2. The molecule has 5 rings (SSSR count). The van der Waals surface area contributed by atoms with Crippen molar-refractivity contribution in [3.8, 4) is 6.07 Å². The van der Waals surface area contributed by atoms with E-state index >= 15 is 0 Å². The highest BCUT2D eigenvalue weighted by Gasteiger charge is 2.51. The molecule has 37 heavy (non-hydrogen) atoms. The number of likely N-dealkylation sites (tertiary alicyclic amines) is 1. The molecule has 1 heterocycles. The zero-order chi connectivity index (χ0) is 25.7. The van der Waals surface area contributed by atoms with Crippen molar-refractivity contribution in [1.29, 1.82) is 5.26 Å². The van der Waals surface area contributed by atoms with Crippen LogP contribution in [0.3, 0.4) is 0 Å². The van der Waals surface area contributed by atoms with Gasteiger partial charge in [0, 0.05) is 23.0 Å². The summed E-state index contributed by atoms with van der Waals surface area (Å²) >= 11 is 3.73. The Hall–Kier alpha value is -3.49. The molecule has 0 N–H and O–H groups in total. The van der Waals surface area contributed by atoms with E-state index in [1.54, 1.807) is 0 Å². The molecule has 0 bridgehead atoms. The Bertz CT molecular complexity index is 1270. The lowest BCUT2D eigenvalue weighted by atomic mass is 9.75. The van der Waals surface area contributed by atoms with Crippen molar-refractivity contribution >= 4 is 15.9 Å². The molecule has 0 spiro atoms. The Morgan fingerprint density at radius 2 is 1.30 bits per heavy atom. The zero-order valence-electron chi connectivity index (χ0n) is 20.6. The van der Waals surface area contributed by atoms with Gasteiger partial charge in [-0.1, -0.05) is 131 Å². The molecule has 0 saturated carbocycles. The first kappa shape index (κ1) is 25.2. The van der Waals surface area contributed by atoms with Crippen LogP contribution in [0.25, 0.3) is 0 Å². The average Bonchev–Trinajstić information content (AvgIpc) is 2.95. The SMILES string of the molecule is C=CCN1[C@H](C#N)[C@@H](c2ccccc2Br)[C@H]1COC(c1ccccc1)(c1ccccc1)c1ccccc1. The maximum absolute atomic E-state index is 10.1. The van der Waals surface area contributed by atoms with Crippen LogP contribution in [0.4, 0.5) is 0 Å². The molecule has 4 aromatic carbocycles. The van der Waals surface area contributed by atoms with Gasteiger partial charge in [0.1, 0.15) is 11.6 Å². The summed E-state index contributed by atoms with van der Waals surface area (Å²) in [4.78, 5) is 2.20. The summed E-state index contributed by atoms with van der Waals surface area (Å²) in [6.45, 7) is 5.02. The minimum absolute atomic E-state index is 0.0110. The monoisotopic (exact) mass is 548 g/mol. The van der Waals surface area contributed by atoms with Crippen LogP contribution < -0.4 is 0 Å². The van der Waals surface area contributed by atoms with Crippen LogP contribution >= 0.6 is 15.9 Å². The van der Waals surface area contributed by atoms with Crippen LogP contribution in [0.5, 0.6) is 0 Å². The number of halogens is 1. The smallest absolute Gasteiger partial charge is 0.143 e. The number of benzene rings is 4. The van der Waals surface area contributed by atoms with E-state index in [-0.39, 0.29) is 18.0 Å². The van der Waals surface area contributed by atoms with Crippen molar-refractivity contribution in [1.82, 2.24) is 4.90 Å². The number of ether oxygens (including phenoxy) is 1. The van der Waals surface area contributed by atoms with Gasteiger partial charge in [-0.25, -0.2) is 0 Å². The molecule has 1 aliphatic heterocycles. The van der Waals surface area contributed by atoms with Gasteiger partial charge in [-0.2, -0.15) is 5.26 Å². The fourth-order valence-electron chi connectivity index (χ4n) is 5.58. The molecule has 1 fully saturated rings. The molecular weight excluding hydrogens is 520 g/mol. The minimum Gasteiger partial charge on any atom is -0.359 e. The highest BCUT2D eigenvalue weighted by atomic mass is 79.9. The topological polar surface area (TPSA) is 36.3 Å².